The number of amides is 1. The number of hydrogen-bond acceptors (Lipinski definition) is 4. The maximum absolute atomic E-state index is 13.7. The van der Waals surface area contributed by atoms with Crippen LogP contribution in [0.25, 0.3) is 0 Å². The van der Waals surface area contributed by atoms with Gasteiger partial charge in [-0.2, -0.15) is 0 Å². The molecule has 0 aliphatic carbocycles. The van der Waals surface area contributed by atoms with Crippen LogP contribution in [0.2, 0.25) is 0 Å². The molecule has 0 radical (unpaired) electrons. The van der Waals surface area contributed by atoms with Gasteiger partial charge in [0.2, 0.25) is 6.79 Å². The minimum Gasteiger partial charge on any atom is -0.454 e. The van der Waals surface area contributed by atoms with Crippen molar-refractivity contribution >= 4 is 5.91 Å². The number of imidazole rings is 1. The van der Waals surface area contributed by atoms with Crippen LogP contribution in [-0.4, -0.2) is 22.3 Å². The van der Waals surface area contributed by atoms with E-state index in [1.54, 1.807) is 47.3 Å². The third-order valence-corrected chi connectivity index (χ3v) is 4.21. The number of benzene rings is 2. The molecular formula is C19H16FN3O3. The summed E-state index contributed by atoms with van der Waals surface area (Å²) >= 11 is 0. The normalized spacial score (nSPS) is 13.5. The molecule has 0 bridgehead atoms. The lowest BCUT2D eigenvalue weighted by Gasteiger charge is -2.19. The zero-order valence-electron chi connectivity index (χ0n) is 14.0. The smallest absolute Gasteiger partial charge is 0.252 e. The Morgan fingerprint density at radius 1 is 1.23 bits per heavy atom. The van der Waals surface area contributed by atoms with Crippen LogP contribution in [0.4, 0.5) is 4.39 Å². The molecule has 0 saturated heterocycles. The van der Waals surface area contributed by atoms with Gasteiger partial charge in [0.15, 0.2) is 11.5 Å². The highest BCUT2D eigenvalue weighted by atomic mass is 19.1. The number of aromatic nitrogens is 2. The Kier molecular flexibility index (Phi) is 4.04. The summed E-state index contributed by atoms with van der Waals surface area (Å²) in [5.41, 5.74) is 1.03. The third kappa shape index (κ3) is 2.99. The maximum Gasteiger partial charge on any atom is 0.252 e. The molecule has 0 unspecified atom stereocenters. The lowest BCUT2D eigenvalue weighted by molar-refractivity contribution is 0.0940. The van der Waals surface area contributed by atoms with Crippen molar-refractivity contribution in [3.63, 3.8) is 0 Å². The predicted molar refractivity (Wildman–Crippen MR) is 91.5 cm³/mol. The number of nitrogens with zero attached hydrogens (tertiary/aromatic N) is 2. The molecule has 1 N–H and O–H groups in total. The Morgan fingerprint density at radius 3 is 2.85 bits per heavy atom. The Balaban J connectivity index is 1.66. The molecule has 1 aliphatic heterocycles. The quantitative estimate of drug-likeness (QED) is 0.783. The van der Waals surface area contributed by atoms with Gasteiger partial charge >= 0.3 is 0 Å². The molecule has 0 fully saturated rings. The van der Waals surface area contributed by atoms with E-state index in [1.807, 2.05) is 7.05 Å². The number of carbonyl (C=O) groups is 1. The van der Waals surface area contributed by atoms with Crippen LogP contribution in [0.1, 0.15) is 27.8 Å². The molecule has 2 aromatic carbocycles. The van der Waals surface area contributed by atoms with E-state index < -0.39 is 6.04 Å². The van der Waals surface area contributed by atoms with Crippen LogP contribution in [-0.2, 0) is 7.05 Å². The number of carbonyl (C=O) groups excluding carboxylic acids is 1. The Hall–Kier alpha value is -3.35. The lowest BCUT2D eigenvalue weighted by Crippen LogP contribution is -2.31. The lowest BCUT2D eigenvalue weighted by atomic mass is 10.0. The second-order valence-corrected chi connectivity index (χ2v) is 5.93. The van der Waals surface area contributed by atoms with Crippen molar-refractivity contribution in [2.75, 3.05) is 6.79 Å². The van der Waals surface area contributed by atoms with E-state index in [0.717, 1.165) is 0 Å². The van der Waals surface area contributed by atoms with Crippen molar-refractivity contribution in [3.8, 4) is 11.5 Å². The number of aryl methyl sites for hydroxylation is 1. The number of ether oxygens (including phenoxy) is 2. The van der Waals surface area contributed by atoms with Gasteiger partial charge in [-0.25, -0.2) is 9.37 Å². The summed E-state index contributed by atoms with van der Waals surface area (Å²) in [7, 11) is 1.82. The fourth-order valence-corrected chi connectivity index (χ4v) is 2.89. The molecule has 1 aromatic heterocycles. The molecule has 132 valence electrons. The molecule has 1 aliphatic rings. The molecule has 1 amide bonds. The minimum atomic E-state index is -0.594. The maximum atomic E-state index is 13.7. The van der Waals surface area contributed by atoms with E-state index in [4.69, 9.17) is 9.47 Å². The third-order valence-electron chi connectivity index (χ3n) is 4.21. The molecule has 0 saturated carbocycles. The highest BCUT2D eigenvalue weighted by Gasteiger charge is 2.23. The molecule has 4 rings (SSSR count). The second-order valence-electron chi connectivity index (χ2n) is 5.93. The van der Waals surface area contributed by atoms with E-state index in [0.29, 0.717) is 28.5 Å². The van der Waals surface area contributed by atoms with Gasteiger partial charge in [0.1, 0.15) is 17.7 Å². The van der Waals surface area contributed by atoms with E-state index in [-0.39, 0.29) is 18.5 Å². The Bertz CT molecular complexity index is 970. The van der Waals surface area contributed by atoms with Crippen LogP contribution in [0.3, 0.4) is 0 Å². The van der Waals surface area contributed by atoms with Crippen LogP contribution in [0, 0.1) is 5.82 Å². The molecule has 7 heteroatoms. The Morgan fingerprint density at radius 2 is 2.08 bits per heavy atom. The van der Waals surface area contributed by atoms with Crippen LogP contribution < -0.4 is 14.8 Å². The SMILES string of the molecule is Cn1ccnc1[C@@H](NC(=O)c1ccc2c(c1)OCO2)c1cccc(F)c1. The highest BCUT2D eigenvalue weighted by Crippen LogP contribution is 2.32. The van der Waals surface area contributed by atoms with Crippen molar-refractivity contribution in [2.24, 2.45) is 7.05 Å². The van der Waals surface area contributed by atoms with Crippen molar-refractivity contribution in [3.05, 3.63) is 77.6 Å². The number of rotatable bonds is 4. The van der Waals surface area contributed by atoms with E-state index >= 15 is 0 Å². The van der Waals surface area contributed by atoms with Crippen molar-refractivity contribution < 1.29 is 18.7 Å². The first kappa shape index (κ1) is 16.1. The number of halogens is 1. The molecular weight excluding hydrogens is 337 g/mol. The molecule has 26 heavy (non-hydrogen) atoms. The van der Waals surface area contributed by atoms with Gasteiger partial charge in [0.25, 0.3) is 5.91 Å². The Labute approximate surface area is 149 Å². The van der Waals surface area contributed by atoms with Gasteiger partial charge in [-0.1, -0.05) is 12.1 Å². The average Bonchev–Trinajstić information content (AvgIpc) is 3.27. The highest BCUT2D eigenvalue weighted by molar-refractivity contribution is 5.95. The summed E-state index contributed by atoms with van der Waals surface area (Å²) in [6.07, 6.45) is 3.41. The number of nitrogens with one attached hydrogen (secondary N) is 1. The fourth-order valence-electron chi connectivity index (χ4n) is 2.89. The van der Waals surface area contributed by atoms with E-state index in [9.17, 15) is 9.18 Å². The second kappa shape index (κ2) is 6.51. The summed E-state index contributed by atoms with van der Waals surface area (Å²) in [5, 5.41) is 2.93. The van der Waals surface area contributed by atoms with Crippen molar-refractivity contribution in [1.82, 2.24) is 14.9 Å². The van der Waals surface area contributed by atoms with E-state index in [2.05, 4.69) is 10.3 Å². The van der Waals surface area contributed by atoms with Gasteiger partial charge in [0, 0.05) is 25.0 Å². The number of hydrogen-bond donors (Lipinski definition) is 1. The summed E-state index contributed by atoms with van der Waals surface area (Å²) < 4.78 is 26.1. The predicted octanol–water partition coefficient (Wildman–Crippen LogP) is 2.81. The minimum absolute atomic E-state index is 0.138. The largest absolute Gasteiger partial charge is 0.454 e. The average molecular weight is 353 g/mol. The van der Waals surface area contributed by atoms with Gasteiger partial charge in [0.05, 0.1) is 0 Å². The first-order valence-electron chi connectivity index (χ1n) is 8.05. The van der Waals surface area contributed by atoms with Crippen LogP contribution in [0.5, 0.6) is 11.5 Å². The summed E-state index contributed by atoms with van der Waals surface area (Å²) in [6.45, 7) is 0.138. The summed E-state index contributed by atoms with van der Waals surface area (Å²) in [5.74, 6) is 1.04. The number of fused-ring (bicyclic) bond motifs is 1. The summed E-state index contributed by atoms with van der Waals surface area (Å²) in [6, 6.07) is 10.5. The topological polar surface area (TPSA) is 65.4 Å². The standard InChI is InChI=1S/C19H16FN3O3/c1-23-8-7-21-18(23)17(12-3-2-4-14(20)9-12)22-19(24)13-5-6-15-16(10-13)26-11-25-15/h2-10,17H,11H2,1H3,(H,22,24)/t17-/m0/s1. The monoisotopic (exact) mass is 353 g/mol. The molecule has 2 heterocycles. The van der Waals surface area contributed by atoms with Crippen molar-refractivity contribution in [1.29, 1.82) is 0 Å². The van der Waals surface area contributed by atoms with Crippen LogP contribution >= 0.6 is 0 Å². The van der Waals surface area contributed by atoms with E-state index in [1.165, 1.54) is 12.1 Å². The fraction of sp³-hybridized carbons (Fsp3) is 0.158. The molecule has 3 aromatic rings. The first-order chi connectivity index (χ1) is 12.6. The van der Waals surface area contributed by atoms with Crippen LogP contribution in [0.15, 0.2) is 54.9 Å². The van der Waals surface area contributed by atoms with Gasteiger partial charge in [-0.05, 0) is 35.9 Å². The van der Waals surface area contributed by atoms with Crippen molar-refractivity contribution in [2.45, 2.75) is 6.04 Å². The summed E-state index contributed by atoms with van der Waals surface area (Å²) in [4.78, 5) is 17.1. The molecule has 1 atom stereocenters. The van der Waals surface area contributed by atoms with Gasteiger partial charge in [-0.15, -0.1) is 0 Å². The first-order valence-corrected chi connectivity index (χ1v) is 8.05. The van der Waals surface area contributed by atoms with Gasteiger partial charge < -0.3 is 19.4 Å². The zero-order valence-corrected chi connectivity index (χ0v) is 14.0. The zero-order chi connectivity index (χ0) is 18.1. The molecule has 0 spiro atoms. The molecule has 6 nitrogen and oxygen atoms in total. The van der Waals surface area contributed by atoms with Gasteiger partial charge in [-0.3, -0.25) is 4.79 Å².